The number of benzene rings is 2. The van der Waals surface area contributed by atoms with Crippen molar-refractivity contribution in [2.24, 2.45) is 0 Å². The van der Waals surface area contributed by atoms with Crippen LogP contribution in [0.25, 0.3) is 0 Å². The number of carbonyl (C=O) groups is 2. The van der Waals surface area contributed by atoms with E-state index in [-0.39, 0.29) is 30.6 Å². The van der Waals surface area contributed by atoms with E-state index in [9.17, 15) is 14.7 Å². The summed E-state index contributed by atoms with van der Waals surface area (Å²) in [5, 5.41) is 12.9. The standard InChI is InChI=1S/C23H26INO5/c1-4-29-22(28)12-21(27)25-19-11-18(24)23(16-7-5-6-15(16)19)30-14-8-9-20(26)17(10-14)13(2)3/h8-11,13,26H,4-7,12H2,1-3H3,(H,25,27). The lowest BCUT2D eigenvalue weighted by atomic mass is 10.0. The van der Waals surface area contributed by atoms with Gasteiger partial charge >= 0.3 is 5.97 Å². The number of hydrogen-bond acceptors (Lipinski definition) is 5. The van der Waals surface area contributed by atoms with Gasteiger partial charge in [0.1, 0.15) is 23.7 Å². The molecule has 0 aromatic heterocycles. The molecule has 0 spiro atoms. The molecule has 1 amide bonds. The van der Waals surface area contributed by atoms with Gasteiger partial charge in [0.05, 0.1) is 10.2 Å². The van der Waals surface area contributed by atoms with Crippen LogP contribution < -0.4 is 10.1 Å². The van der Waals surface area contributed by atoms with E-state index >= 15 is 0 Å². The summed E-state index contributed by atoms with van der Waals surface area (Å²) in [5.74, 6) is 0.975. The molecule has 3 rings (SSSR count). The zero-order valence-electron chi connectivity index (χ0n) is 17.4. The SMILES string of the molecule is CCOC(=O)CC(=O)Nc1cc(I)c(Oc2ccc(O)c(C(C)C)c2)c2c1CCC2. The summed E-state index contributed by atoms with van der Waals surface area (Å²) < 4.78 is 12.0. The number of phenolic OH excluding ortho intramolecular Hbond substituents is 1. The molecule has 0 saturated carbocycles. The van der Waals surface area contributed by atoms with Crippen LogP contribution >= 0.6 is 22.6 Å². The lowest BCUT2D eigenvalue weighted by Crippen LogP contribution is -2.19. The van der Waals surface area contributed by atoms with E-state index in [1.54, 1.807) is 19.1 Å². The van der Waals surface area contributed by atoms with Crippen LogP contribution in [0.15, 0.2) is 24.3 Å². The van der Waals surface area contributed by atoms with Crippen LogP contribution in [0.1, 0.15) is 56.2 Å². The monoisotopic (exact) mass is 523 g/mol. The summed E-state index contributed by atoms with van der Waals surface area (Å²) in [6.45, 7) is 6.01. The van der Waals surface area contributed by atoms with Gasteiger partial charge in [-0.2, -0.15) is 0 Å². The lowest BCUT2D eigenvalue weighted by molar-refractivity contribution is -0.145. The lowest BCUT2D eigenvalue weighted by Gasteiger charge is -2.18. The van der Waals surface area contributed by atoms with Gasteiger partial charge in [0.25, 0.3) is 0 Å². The number of amides is 1. The van der Waals surface area contributed by atoms with E-state index in [4.69, 9.17) is 9.47 Å². The van der Waals surface area contributed by atoms with Crippen LogP contribution in [0.5, 0.6) is 17.2 Å². The zero-order chi connectivity index (χ0) is 21.8. The van der Waals surface area contributed by atoms with Crippen LogP contribution in [0, 0.1) is 3.57 Å². The number of aromatic hydroxyl groups is 1. The molecule has 0 saturated heterocycles. The summed E-state index contributed by atoms with van der Waals surface area (Å²) in [6, 6.07) is 7.16. The first-order chi connectivity index (χ1) is 14.3. The van der Waals surface area contributed by atoms with E-state index in [1.807, 2.05) is 26.0 Å². The van der Waals surface area contributed by atoms with E-state index in [1.165, 1.54) is 0 Å². The third-order valence-electron chi connectivity index (χ3n) is 5.03. The quantitative estimate of drug-likeness (QED) is 0.293. The molecule has 0 unspecified atom stereocenters. The first kappa shape index (κ1) is 22.4. The van der Waals surface area contributed by atoms with Crippen LogP contribution in [0.3, 0.4) is 0 Å². The first-order valence-corrected chi connectivity index (χ1v) is 11.2. The normalized spacial score (nSPS) is 12.6. The van der Waals surface area contributed by atoms with Gasteiger partial charge in [0.2, 0.25) is 5.91 Å². The fourth-order valence-electron chi connectivity index (χ4n) is 3.65. The second-order valence-electron chi connectivity index (χ2n) is 7.55. The smallest absolute Gasteiger partial charge is 0.315 e. The number of esters is 1. The Labute approximate surface area is 190 Å². The fourth-order valence-corrected chi connectivity index (χ4v) is 4.40. The molecule has 160 valence electrons. The van der Waals surface area contributed by atoms with Gasteiger partial charge in [-0.25, -0.2) is 0 Å². The number of rotatable bonds is 7. The molecular weight excluding hydrogens is 497 g/mol. The average Bonchev–Trinajstić information content (AvgIpc) is 3.16. The molecule has 0 radical (unpaired) electrons. The van der Waals surface area contributed by atoms with Crippen LogP contribution in [-0.2, 0) is 27.2 Å². The number of halogens is 1. The summed E-state index contributed by atoms with van der Waals surface area (Å²) in [7, 11) is 0. The third kappa shape index (κ3) is 5.06. The molecule has 1 aliphatic rings. The average molecular weight is 523 g/mol. The summed E-state index contributed by atoms with van der Waals surface area (Å²) in [6.07, 6.45) is 2.37. The molecular formula is C23H26INO5. The fraction of sp³-hybridized carbons (Fsp3) is 0.391. The maximum absolute atomic E-state index is 12.2. The van der Waals surface area contributed by atoms with Crippen molar-refractivity contribution >= 4 is 40.2 Å². The van der Waals surface area contributed by atoms with Gasteiger partial charge in [-0.3, -0.25) is 9.59 Å². The van der Waals surface area contributed by atoms with Crippen molar-refractivity contribution in [1.29, 1.82) is 0 Å². The van der Waals surface area contributed by atoms with Crippen molar-refractivity contribution in [1.82, 2.24) is 0 Å². The van der Waals surface area contributed by atoms with E-state index < -0.39 is 5.97 Å². The molecule has 2 aromatic carbocycles. The number of carbonyl (C=O) groups excluding carboxylic acids is 2. The molecule has 0 atom stereocenters. The predicted octanol–water partition coefficient (Wildman–Crippen LogP) is 5.29. The number of fused-ring (bicyclic) bond motifs is 1. The minimum absolute atomic E-state index is 0.176. The highest BCUT2D eigenvalue weighted by molar-refractivity contribution is 14.1. The molecule has 30 heavy (non-hydrogen) atoms. The highest BCUT2D eigenvalue weighted by Gasteiger charge is 2.24. The largest absolute Gasteiger partial charge is 0.508 e. The number of ether oxygens (including phenoxy) is 2. The summed E-state index contributed by atoms with van der Waals surface area (Å²) in [5.41, 5.74) is 3.68. The van der Waals surface area contributed by atoms with Crippen molar-refractivity contribution in [2.75, 3.05) is 11.9 Å². The number of anilines is 1. The van der Waals surface area contributed by atoms with Crippen LogP contribution in [0.2, 0.25) is 0 Å². The highest BCUT2D eigenvalue weighted by atomic mass is 127. The number of nitrogens with one attached hydrogen (secondary N) is 1. The Bertz CT molecular complexity index is 971. The molecule has 7 heteroatoms. The molecule has 0 fully saturated rings. The Balaban J connectivity index is 1.87. The summed E-state index contributed by atoms with van der Waals surface area (Å²) >= 11 is 2.20. The van der Waals surface area contributed by atoms with E-state index in [0.717, 1.165) is 51.0 Å². The topological polar surface area (TPSA) is 84.9 Å². The van der Waals surface area contributed by atoms with Gasteiger partial charge in [-0.15, -0.1) is 0 Å². The van der Waals surface area contributed by atoms with Crippen LogP contribution in [0.4, 0.5) is 5.69 Å². The van der Waals surface area contributed by atoms with Crippen molar-refractivity contribution in [3.8, 4) is 17.2 Å². The Morgan fingerprint density at radius 3 is 2.63 bits per heavy atom. The molecule has 6 nitrogen and oxygen atoms in total. The zero-order valence-corrected chi connectivity index (χ0v) is 19.5. The number of hydrogen-bond donors (Lipinski definition) is 2. The highest BCUT2D eigenvalue weighted by Crippen LogP contribution is 2.42. The van der Waals surface area contributed by atoms with Gasteiger partial charge in [0, 0.05) is 16.8 Å². The minimum atomic E-state index is -0.533. The van der Waals surface area contributed by atoms with E-state index in [2.05, 4.69) is 27.9 Å². The van der Waals surface area contributed by atoms with Gasteiger partial charge in [-0.1, -0.05) is 13.8 Å². The van der Waals surface area contributed by atoms with Crippen molar-refractivity contribution in [2.45, 2.75) is 52.4 Å². The Morgan fingerprint density at radius 1 is 1.20 bits per heavy atom. The van der Waals surface area contributed by atoms with Gasteiger partial charge < -0.3 is 19.9 Å². The molecule has 0 heterocycles. The van der Waals surface area contributed by atoms with Crippen molar-refractivity contribution in [3.63, 3.8) is 0 Å². The Morgan fingerprint density at radius 2 is 1.93 bits per heavy atom. The van der Waals surface area contributed by atoms with Crippen LogP contribution in [-0.4, -0.2) is 23.6 Å². The second-order valence-corrected chi connectivity index (χ2v) is 8.72. The minimum Gasteiger partial charge on any atom is -0.508 e. The Kier molecular flexibility index (Phi) is 7.23. The Hall–Kier alpha value is -2.29. The molecule has 1 aliphatic carbocycles. The van der Waals surface area contributed by atoms with Gasteiger partial charge in [-0.05, 0) is 84.5 Å². The van der Waals surface area contributed by atoms with Crippen molar-refractivity contribution < 1.29 is 24.2 Å². The van der Waals surface area contributed by atoms with Crippen molar-refractivity contribution in [3.05, 3.63) is 44.5 Å². The maximum atomic E-state index is 12.2. The number of phenols is 1. The second kappa shape index (κ2) is 9.68. The molecule has 2 N–H and O–H groups in total. The summed E-state index contributed by atoms with van der Waals surface area (Å²) in [4.78, 5) is 23.8. The molecule has 2 aromatic rings. The van der Waals surface area contributed by atoms with E-state index in [0.29, 0.717) is 5.75 Å². The predicted molar refractivity (Wildman–Crippen MR) is 123 cm³/mol. The first-order valence-electron chi connectivity index (χ1n) is 10.1. The molecule has 0 aliphatic heterocycles. The third-order valence-corrected chi connectivity index (χ3v) is 5.83. The van der Waals surface area contributed by atoms with Gasteiger partial charge in [0.15, 0.2) is 0 Å². The maximum Gasteiger partial charge on any atom is 0.315 e. The molecule has 0 bridgehead atoms.